The van der Waals surface area contributed by atoms with Gasteiger partial charge in [0, 0.05) is 18.7 Å². The van der Waals surface area contributed by atoms with Crippen molar-refractivity contribution in [1.82, 2.24) is 24.7 Å². The van der Waals surface area contributed by atoms with E-state index in [-0.39, 0.29) is 17.5 Å². The molecule has 1 aliphatic rings. The Morgan fingerprint density at radius 1 is 1.37 bits per heavy atom. The molecule has 0 atom stereocenters. The number of nitro groups is 1. The zero-order valence-corrected chi connectivity index (χ0v) is 17.4. The normalized spacial score (nSPS) is 13.4. The van der Waals surface area contributed by atoms with E-state index in [0.29, 0.717) is 23.5 Å². The second-order valence-electron chi connectivity index (χ2n) is 6.98. The lowest BCUT2D eigenvalue weighted by Gasteiger charge is -2.10. The van der Waals surface area contributed by atoms with Crippen LogP contribution >= 0.6 is 11.8 Å². The summed E-state index contributed by atoms with van der Waals surface area (Å²) in [5.74, 6) is 0.957. The number of ether oxygens (including phenoxy) is 1. The third-order valence-corrected chi connectivity index (χ3v) is 5.42. The summed E-state index contributed by atoms with van der Waals surface area (Å²) in [7, 11) is 1.64. The summed E-state index contributed by atoms with van der Waals surface area (Å²) < 4.78 is 7.19. The highest BCUT2D eigenvalue weighted by molar-refractivity contribution is 7.99. The number of aromatic nitrogens is 5. The molecule has 1 N–H and O–H groups in total. The summed E-state index contributed by atoms with van der Waals surface area (Å²) in [5, 5.41) is 24.0. The fourth-order valence-corrected chi connectivity index (χ4v) is 3.67. The lowest BCUT2D eigenvalue weighted by molar-refractivity contribution is -0.384. The lowest BCUT2D eigenvalue weighted by Crippen LogP contribution is -2.09. The molecule has 0 unspecified atom stereocenters. The van der Waals surface area contributed by atoms with Gasteiger partial charge < -0.3 is 10.1 Å². The standard InChI is InChI=1S/C19H21N7O3S/c1-12-4-3-5-13(10-12)17-23-24-19(25(17)8-9-29-2)30-18-20-11-15(26(27)28)16(22-18)21-14-6-7-14/h3-5,10-11,14H,6-9H2,1-2H3,(H,20,21,22). The van der Waals surface area contributed by atoms with Gasteiger partial charge in [0.05, 0.1) is 18.1 Å². The third kappa shape index (κ3) is 4.57. The van der Waals surface area contributed by atoms with Crippen LogP contribution in [0.4, 0.5) is 11.5 Å². The molecule has 0 radical (unpaired) electrons. The molecule has 1 saturated carbocycles. The van der Waals surface area contributed by atoms with Crippen molar-refractivity contribution in [2.24, 2.45) is 0 Å². The molecule has 0 bridgehead atoms. The molecule has 3 aromatic rings. The second-order valence-corrected chi connectivity index (χ2v) is 7.92. The number of anilines is 1. The van der Waals surface area contributed by atoms with Crippen LogP contribution in [0.2, 0.25) is 0 Å². The minimum Gasteiger partial charge on any atom is -0.383 e. The van der Waals surface area contributed by atoms with Crippen molar-refractivity contribution < 1.29 is 9.66 Å². The average Bonchev–Trinajstić information content (AvgIpc) is 3.45. The van der Waals surface area contributed by atoms with Crippen molar-refractivity contribution in [3.63, 3.8) is 0 Å². The maximum absolute atomic E-state index is 11.3. The number of methoxy groups -OCH3 is 1. The Kier molecular flexibility index (Phi) is 5.91. The maximum atomic E-state index is 11.3. The number of hydrogen-bond acceptors (Lipinski definition) is 9. The van der Waals surface area contributed by atoms with Crippen molar-refractivity contribution in [1.29, 1.82) is 0 Å². The molecule has 30 heavy (non-hydrogen) atoms. The summed E-state index contributed by atoms with van der Waals surface area (Å²) in [5.41, 5.74) is 1.94. The number of benzene rings is 1. The summed E-state index contributed by atoms with van der Waals surface area (Å²) >= 11 is 1.22. The molecule has 0 spiro atoms. The summed E-state index contributed by atoms with van der Waals surface area (Å²) in [4.78, 5) is 19.3. The van der Waals surface area contributed by atoms with E-state index >= 15 is 0 Å². The Morgan fingerprint density at radius 3 is 2.90 bits per heavy atom. The fourth-order valence-electron chi connectivity index (χ4n) is 2.90. The number of hydrogen-bond donors (Lipinski definition) is 1. The molecule has 2 aromatic heterocycles. The molecular formula is C19H21N7O3S. The lowest BCUT2D eigenvalue weighted by atomic mass is 10.1. The first kappa shape index (κ1) is 20.2. The number of nitrogens with one attached hydrogen (secondary N) is 1. The maximum Gasteiger partial charge on any atom is 0.329 e. The topological polar surface area (TPSA) is 121 Å². The largest absolute Gasteiger partial charge is 0.383 e. The van der Waals surface area contributed by atoms with E-state index in [4.69, 9.17) is 4.74 Å². The Morgan fingerprint density at radius 2 is 2.20 bits per heavy atom. The number of nitrogens with zero attached hydrogens (tertiary/aromatic N) is 6. The highest BCUT2D eigenvalue weighted by Crippen LogP contribution is 2.33. The molecule has 2 heterocycles. The zero-order chi connectivity index (χ0) is 21.1. The molecule has 0 aliphatic heterocycles. The summed E-state index contributed by atoms with van der Waals surface area (Å²) in [6.07, 6.45) is 3.20. The predicted octanol–water partition coefficient (Wildman–Crippen LogP) is 3.32. The minimum atomic E-state index is -0.476. The van der Waals surface area contributed by atoms with E-state index in [9.17, 15) is 10.1 Å². The van der Waals surface area contributed by atoms with Crippen LogP contribution in [0.5, 0.6) is 0 Å². The van der Waals surface area contributed by atoms with Gasteiger partial charge in [-0.3, -0.25) is 14.7 Å². The van der Waals surface area contributed by atoms with Crippen molar-refractivity contribution in [2.45, 2.75) is 42.7 Å². The van der Waals surface area contributed by atoms with Crippen LogP contribution in [0.3, 0.4) is 0 Å². The van der Waals surface area contributed by atoms with E-state index in [1.54, 1.807) is 7.11 Å². The zero-order valence-electron chi connectivity index (χ0n) is 16.6. The van der Waals surface area contributed by atoms with Gasteiger partial charge in [-0.05, 0) is 37.6 Å². The van der Waals surface area contributed by atoms with Gasteiger partial charge in [-0.1, -0.05) is 23.8 Å². The molecule has 1 fully saturated rings. The molecule has 1 aliphatic carbocycles. The SMILES string of the molecule is COCCn1c(Sc2ncc([N+](=O)[O-])c(NC3CC3)n2)nnc1-c1cccc(C)c1. The average molecular weight is 427 g/mol. The van der Waals surface area contributed by atoms with Gasteiger partial charge in [-0.25, -0.2) is 4.98 Å². The Labute approximate surface area is 177 Å². The van der Waals surface area contributed by atoms with Crippen molar-refractivity contribution in [3.05, 3.63) is 46.1 Å². The molecular weight excluding hydrogens is 406 g/mol. The van der Waals surface area contributed by atoms with E-state index in [1.165, 1.54) is 18.0 Å². The Bertz CT molecular complexity index is 1070. The van der Waals surface area contributed by atoms with Gasteiger partial charge in [-0.2, -0.15) is 4.98 Å². The van der Waals surface area contributed by atoms with E-state index in [0.717, 1.165) is 29.8 Å². The first-order chi connectivity index (χ1) is 14.5. The van der Waals surface area contributed by atoms with Gasteiger partial charge in [0.1, 0.15) is 6.20 Å². The quantitative estimate of drug-likeness (QED) is 0.311. The van der Waals surface area contributed by atoms with Gasteiger partial charge in [-0.15, -0.1) is 10.2 Å². The molecule has 0 saturated heterocycles. The van der Waals surface area contributed by atoms with E-state index in [1.807, 2.05) is 35.8 Å². The predicted molar refractivity (Wildman–Crippen MR) is 112 cm³/mol. The second kappa shape index (κ2) is 8.76. The number of aryl methyl sites for hydroxylation is 1. The number of rotatable bonds is 9. The molecule has 1 aromatic carbocycles. The van der Waals surface area contributed by atoms with Crippen molar-refractivity contribution in [3.8, 4) is 11.4 Å². The van der Waals surface area contributed by atoms with E-state index in [2.05, 4.69) is 25.5 Å². The van der Waals surface area contributed by atoms with Crippen LogP contribution in [0.1, 0.15) is 18.4 Å². The molecule has 156 valence electrons. The minimum absolute atomic E-state index is 0.132. The first-order valence-electron chi connectivity index (χ1n) is 9.50. The van der Waals surface area contributed by atoms with Crippen molar-refractivity contribution in [2.75, 3.05) is 19.0 Å². The van der Waals surface area contributed by atoms with E-state index < -0.39 is 4.92 Å². The summed E-state index contributed by atoms with van der Waals surface area (Å²) in [6.45, 7) is 3.06. The van der Waals surface area contributed by atoms with Gasteiger partial charge >= 0.3 is 5.69 Å². The fraction of sp³-hybridized carbons (Fsp3) is 0.368. The van der Waals surface area contributed by atoms with Gasteiger partial charge in [0.2, 0.25) is 5.82 Å². The molecule has 4 rings (SSSR count). The van der Waals surface area contributed by atoms with Gasteiger partial charge in [0.15, 0.2) is 16.1 Å². The molecule has 10 nitrogen and oxygen atoms in total. The van der Waals surface area contributed by atoms with Crippen LogP contribution in [0.25, 0.3) is 11.4 Å². The molecule has 0 amide bonds. The smallest absolute Gasteiger partial charge is 0.329 e. The summed E-state index contributed by atoms with van der Waals surface area (Å²) in [6, 6.07) is 8.25. The van der Waals surface area contributed by atoms with Crippen LogP contribution < -0.4 is 5.32 Å². The van der Waals surface area contributed by atoms with Crippen LogP contribution in [-0.4, -0.2) is 49.4 Å². The Hall–Kier alpha value is -3.05. The van der Waals surface area contributed by atoms with Crippen molar-refractivity contribution >= 4 is 23.3 Å². The van der Waals surface area contributed by atoms with Gasteiger partial charge in [0.25, 0.3) is 0 Å². The highest BCUT2D eigenvalue weighted by Gasteiger charge is 2.27. The highest BCUT2D eigenvalue weighted by atomic mass is 32.2. The van der Waals surface area contributed by atoms with Crippen LogP contribution in [0.15, 0.2) is 40.8 Å². The Balaban J connectivity index is 1.66. The monoisotopic (exact) mass is 427 g/mol. The third-order valence-electron chi connectivity index (χ3n) is 4.56. The van der Waals surface area contributed by atoms with Crippen LogP contribution in [0, 0.1) is 17.0 Å². The molecule has 11 heteroatoms. The van der Waals surface area contributed by atoms with Crippen LogP contribution in [-0.2, 0) is 11.3 Å². The first-order valence-corrected chi connectivity index (χ1v) is 10.3.